The fraction of sp³-hybridized carbons (Fsp3) is 0.600. The first-order chi connectivity index (χ1) is 9.67. The number of rotatable bonds is 7. The van der Waals surface area contributed by atoms with E-state index in [2.05, 4.69) is 26.1 Å². The Bertz CT molecular complexity index is 466. The van der Waals surface area contributed by atoms with Gasteiger partial charge in [-0.05, 0) is 23.3 Å². The molecule has 0 aliphatic heterocycles. The van der Waals surface area contributed by atoms with Gasteiger partial charge in [0.15, 0.2) is 0 Å². The molecule has 1 aromatic rings. The van der Waals surface area contributed by atoms with Crippen molar-refractivity contribution in [3.8, 4) is 0 Å². The van der Waals surface area contributed by atoms with Gasteiger partial charge in [0, 0.05) is 17.3 Å². The number of carboxylic acids is 1. The van der Waals surface area contributed by atoms with Crippen molar-refractivity contribution in [1.82, 2.24) is 5.32 Å². The molecule has 0 radical (unpaired) electrons. The standard InChI is InChI=1S/C15H24N2O3S/c1-15(2,3)9-10(16)7-13(18)17-11(8-14(19)20)12-5-4-6-21-12/h4-6,10-11H,7-9,16H2,1-3H3,(H,17,18)(H,19,20). The molecule has 0 saturated carbocycles. The van der Waals surface area contributed by atoms with Crippen LogP contribution in [0.25, 0.3) is 0 Å². The van der Waals surface area contributed by atoms with Crippen LogP contribution in [0.4, 0.5) is 0 Å². The molecule has 1 aromatic heterocycles. The van der Waals surface area contributed by atoms with Crippen LogP contribution in [-0.4, -0.2) is 23.0 Å². The van der Waals surface area contributed by atoms with E-state index in [1.807, 2.05) is 17.5 Å². The summed E-state index contributed by atoms with van der Waals surface area (Å²) in [6.45, 7) is 6.22. The summed E-state index contributed by atoms with van der Waals surface area (Å²) in [5, 5.41) is 13.6. The molecule has 0 aliphatic rings. The number of thiophene rings is 1. The van der Waals surface area contributed by atoms with E-state index in [1.54, 1.807) is 0 Å². The van der Waals surface area contributed by atoms with E-state index in [0.717, 1.165) is 11.3 Å². The maximum Gasteiger partial charge on any atom is 0.305 e. The Morgan fingerprint density at radius 1 is 1.38 bits per heavy atom. The third-order valence-electron chi connectivity index (χ3n) is 2.92. The maximum atomic E-state index is 12.0. The van der Waals surface area contributed by atoms with Gasteiger partial charge in [-0.1, -0.05) is 26.8 Å². The van der Waals surface area contributed by atoms with Crippen LogP contribution in [0, 0.1) is 5.41 Å². The molecule has 2 atom stereocenters. The minimum Gasteiger partial charge on any atom is -0.481 e. The minimum atomic E-state index is -0.937. The van der Waals surface area contributed by atoms with Gasteiger partial charge in [-0.25, -0.2) is 0 Å². The van der Waals surface area contributed by atoms with Crippen molar-refractivity contribution in [2.24, 2.45) is 11.1 Å². The summed E-state index contributed by atoms with van der Waals surface area (Å²) in [6, 6.07) is 2.95. The van der Waals surface area contributed by atoms with Crippen LogP contribution in [0.15, 0.2) is 17.5 Å². The van der Waals surface area contributed by atoms with Crippen molar-refractivity contribution in [2.45, 2.75) is 52.1 Å². The van der Waals surface area contributed by atoms with Crippen LogP contribution in [0.3, 0.4) is 0 Å². The molecule has 0 spiro atoms. The normalized spacial score (nSPS) is 14.5. The quantitative estimate of drug-likeness (QED) is 0.721. The molecule has 21 heavy (non-hydrogen) atoms. The SMILES string of the molecule is CC(C)(C)CC(N)CC(=O)NC(CC(=O)O)c1cccs1. The molecule has 6 heteroatoms. The summed E-state index contributed by atoms with van der Waals surface area (Å²) in [5.74, 6) is -1.14. The van der Waals surface area contributed by atoms with Gasteiger partial charge in [-0.15, -0.1) is 11.3 Å². The Hall–Kier alpha value is -1.40. The maximum absolute atomic E-state index is 12.0. The summed E-state index contributed by atoms with van der Waals surface area (Å²) in [6.07, 6.45) is 0.822. The van der Waals surface area contributed by atoms with Gasteiger partial charge in [0.2, 0.25) is 5.91 Å². The van der Waals surface area contributed by atoms with Crippen LogP contribution in [-0.2, 0) is 9.59 Å². The van der Waals surface area contributed by atoms with Crippen LogP contribution < -0.4 is 11.1 Å². The summed E-state index contributed by atoms with van der Waals surface area (Å²) in [4.78, 5) is 23.8. The van der Waals surface area contributed by atoms with Crippen LogP contribution in [0.2, 0.25) is 0 Å². The van der Waals surface area contributed by atoms with Crippen LogP contribution in [0.5, 0.6) is 0 Å². The predicted octanol–water partition coefficient (Wildman–Crippen LogP) is 2.53. The number of amides is 1. The molecule has 1 rings (SSSR count). The lowest BCUT2D eigenvalue weighted by molar-refractivity contribution is -0.137. The Morgan fingerprint density at radius 2 is 2.05 bits per heavy atom. The summed E-state index contributed by atoms with van der Waals surface area (Å²) in [7, 11) is 0. The second-order valence-electron chi connectivity index (χ2n) is 6.46. The zero-order valence-corrected chi connectivity index (χ0v) is 13.6. The average molecular weight is 312 g/mol. The van der Waals surface area contributed by atoms with Gasteiger partial charge in [0.1, 0.15) is 0 Å². The molecule has 0 aliphatic carbocycles. The molecule has 0 bridgehead atoms. The highest BCUT2D eigenvalue weighted by Gasteiger charge is 2.22. The van der Waals surface area contributed by atoms with Crippen molar-refractivity contribution in [1.29, 1.82) is 0 Å². The lowest BCUT2D eigenvalue weighted by atomic mass is 9.87. The number of carboxylic acid groups (broad SMARTS) is 1. The zero-order valence-electron chi connectivity index (χ0n) is 12.8. The molecule has 0 aromatic carbocycles. The summed E-state index contributed by atoms with van der Waals surface area (Å²) < 4.78 is 0. The van der Waals surface area contributed by atoms with E-state index in [9.17, 15) is 9.59 Å². The number of aliphatic carboxylic acids is 1. The van der Waals surface area contributed by atoms with E-state index in [0.29, 0.717) is 0 Å². The highest BCUT2D eigenvalue weighted by molar-refractivity contribution is 7.10. The average Bonchev–Trinajstić information content (AvgIpc) is 2.76. The highest BCUT2D eigenvalue weighted by atomic mass is 32.1. The number of nitrogens with one attached hydrogen (secondary N) is 1. The Balaban J connectivity index is 2.58. The van der Waals surface area contributed by atoms with Gasteiger partial charge in [-0.3, -0.25) is 9.59 Å². The summed E-state index contributed by atoms with van der Waals surface area (Å²) in [5.41, 5.74) is 6.05. The van der Waals surface area contributed by atoms with E-state index in [4.69, 9.17) is 10.8 Å². The number of hydrogen-bond donors (Lipinski definition) is 3. The van der Waals surface area contributed by atoms with Crippen LogP contribution in [0.1, 0.15) is 51.0 Å². The molecule has 1 amide bonds. The predicted molar refractivity (Wildman–Crippen MR) is 84.1 cm³/mol. The zero-order chi connectivity index (χ0) is 16.0. The Labute approximate surface area is 129 Å². The van der Waals surface area contributed by atoms with Crippen molar-refractivity contribution in [2.75, 3.05) is 0 Å². The van der Waals surface area contributed by atoms with Crippen LogP contribution >= 0.6 is 11.3 Å². The van der Waals surface area contributed by atoms with Crippen molar-refractivity contribution < 1.29 is 14.7 Å². The lowest BCUT2D eigenvalue weighted by Crippen LogP contribution is -2.36. The second kappa shape index (κ2) is 7.56. The number of carbonyl (C=O) groups is 2. The number of nitrogens with two attached hydrogens (primary N) is 1. The third kappa shape index (κ3) is 7.24. The first kappa shape index (κ1) is 17.7. The van der Waals surface area contributed by atoms with Gasteiger partial charge >= 0.3 is 5.97 Å². The topological polar surface area (TPSA) is 92.4 Å². The number of carbonyl (C=O) groups excluding carboxylic acids is 1. The van der Waals surface area contributed by atoms with Gasteiger partial charge in [-0.2, -0.15) is 0 Å². The van der Waals surface area contributed by atoms with Crippen molar-refractivity contribution in [3.63, 3.8) is 0 Å². The molecule has 1 heterocycles. The largest absolute Gasteiger partial charge is 0.481 e. The lowest BCUT2D eigenvalue weighted by Gasteiger charge is -2.23. The van der Waals surface area contributed by atoms with Gasteiger partial charge < -0.3 is 16.2 Å². The monoisotopic (exact) mass is 312 g/mol. The third-order valence-corrected chi connectivity index (χ3v) is 3.91. The van der Waals surface area contributed by atoms with Crippen molar-refractivity contribution in [3.05, 3.63) is 22.4 Å². The highest BCUT2D eigenvalue weighted by Crippen LogP contribution is 2.23. The second-order valence-corrected chi connectivity index (χ2v) is 7.44. The van der Waals surface area contributed by atoms with E-state index in [-0.39, 0.29) is 30.2 Å². The molecule has 4 N–H and O–H groups in total. The number of hydrogen-bond acceptors (Lipinski definition) is 4. The minimum absolute atomic E-state index is 0.0634. The van der Waals surface area contributed by atoms with E-state index >= 15 is 0 Å². The smallest absolute Gasteiger partial charge is 0.305 e. The Kier molecular flexibility index (Phi) is 6.36. The summed E-state index contributed by atoms with van der Waals surface area (Å²) >= 11 is 1.43. The van der Waals surface area contributed by atoms with Gasteiger partial charge in [0.25, 0.3) is 0 Å². The van der Waals surface area contributed by atoms with Crippen molar-refractivity contribution >= 4 is 23.2 Å². The molecule has 118 valence electrons. The molecular formula is C15H24N2O3S. The molecule has 0 fully saturated rings. The molecular weight excluding hydrogens is 288 g/mol. The fourth-order valence-electron chi connectivity index (χ4n) is 2.24. The first-order valence-electron chi connectivity index (χ1n) is 6.97. The van der Waals surface area contributed by atoms with E-state index < -0.39 is 12.0 Å². The van der Waals surface area contributed by atoms with E-state index in [1.165, 1.54) is 11.3 Å². The Morgan fingerprint density at radius 3 is 2.52 bits per heavy atom. The molecule has 2 unspecified atom stereocenters. The van der Waals surface area contributed by atoms with Gasteiger partial charge in [0.05, 0.1) is 12.5 Å². The molecule has 0 saturated heterocycles. The first-order valence-corrected chi connectivity index (χ1v) is 7.85. The molecule has 5 nitrogen and oxygen atoms in total. The fourth-order valence-corrected chi connectivity index (χ4v) is 3.01.